The zero-order chi connectivity index (χ0) is 12.3. The predicted molar refractivity (Wildman–Crippen MR) is 65.3 cm³/mol. The zero-order valence-electron chi connectivity index (χ0n) is 10.7. The highest BCUT2D eigenvalue weighted by Crippen LogP contribution is 2.25. The van der Waals surface area contributed by atoms with E-state index in [1.54, 1.807) is 6.33 Å². The molecule has 17 heavy (non-hydrogen) atoms. The summed E-state index contributed by atoms with van der Waals surface area (Å²) in [5, 5.41) is 17.9. The van der Waals surface area contributed by atoms with Crippen LogP contribution in [0.3, 0.4) is 0 Å². The van der Waals surface area contributed by atoms with Crippen molar-refractivity contribution in [2.24, 2.45) is 13.0 Å². The maximum Gasteiger partial charge on any atom is 0.146 e. The standard InChI is InChI=1S/C12H22N4O/c1-15(8-12-14-13-9-16(12)2)7-10-5-3-4-6-11(10)17/h9-11,17H,3-8H2,1-2H3. The summed E-state index contributed by atoms with van der Waals surface area (Å²) in [7, 11) is 4.04. The molecule has 1 aromatic rings. The van der Waals surface area contributed by atoms with Crippen molar-refractivity contribution >= 4 is 0 Å². The number of aromatic nitrogens is 3. The van der Waals surface area contributed by atoms with E-state index in [4.69, 9.17) is 0 Å². The first-order valence-corrected chi connectivity index (χ1v) is 6.36. The van der Waals surface area contributed by atoms with Gasteiger partial charge >= 0.3 is 0 Å². The van der Waals surface area contributed by atoms with Crippen LogP contribution in [-0.2, 0) is 13.6 Å². The predicted octanol–water partition coefficient (Wildman–Crippen LogP) is 0.798. The molecule has 1 heterocycles. The van der Waals surface area contributed by atoms with Gasteiger partial charge in [0, 0.05) is 13.6 Å². The van der Waals surface area contributed by atoms with Crippen LogP contribution in [-0.4, -0.2) is 44.5 Å². The summed E-state index contributed by atoms with van der Waals surface area (Å²) < 4.78 is 1.94. The average molecular weight is 238 g/mol. The SMILES string of the molecule is CN(Cc1nncn1C)CC1CCCCC1O. The Hall–Kier alpha value is -0.940. The Bertz CT molecular complexity index is 352. The number of aliphatic hydroxyl groups excluding tert-OH is 1. The second kappa shape index (κ2) is 5.60. The van der Waals surface area contributed by atoms with Gasteiger partial charge in [-0.1, -0.05) is 12.8 Å². The summed E-state index contributed by atoms with van der Waals surface area (Å²) in [5.41, 5.74) is 0. The van der Waals surface area contributed by atoms with Gasteiger partial charge in [-0.25, -0.2) is 0 Å². The summed E-state index contributed by atoms with van der Waals surface area (Å²) in [6, 6.07) is 0. The first-order chi connectivity index (χ1) is 8.16. The Morgan fingerprint density at radius 2 is 2.24 bits per heavy atom. The van der Waals surface area contributed by atoms with Gasteiger partial charge in [-0.2, -0.15) is 0 Å². The highest BCUT2D eigenvalue weighted by atomic mass is 16.3. The zero-order valence-corrected chi connectivity index (χ0v) is 10.7. The van der Waals surface area contributed by atoms with Crippen LogP contribution in [0.25, 0.3) is 0 Å². The van der Waals surface area contributed by atoms with Crippen molar-refractivity contribution in [1.82, 2.24) is 19.7 Å². The Kier molecular flexibility index (Phi) is 4.12. The van der Waals surface area contributed by atoms with Gasteiger partial charge in [-0.3, -0.25) is 4.90 Å². The smallest absolute Gasteiger partial charge is 0.146 e. The molecule has 1 aliphatic carbocycles. The van der Waals surface area contributed by atoms with Crippen molar-refractivity contribution in [3.8, 4) is 0 Å². The number of rotatable bonds is 4. The molecule has 0 amide bonds. The molecule has 1 N–H and O–H groups in total. The molecule has 5 nitrogen and oxygen atoms in total. The lowest BCUT2D eigenvalue weighted by atomic mass is 9.86. The normalized spacial score (nSPS) is 25.4. The lowest BCUT2D eigenvalue weighted by molar-refractivity contribution is 0.0496. The van der Waals surface area contributed by atoms with Crippen molar-refractivity contribution in [2.45, 2.75) is 38.3 Å². The largest absolute Gasteiger partial charge is 0.393 e. The van der Waals surface area contributed by atoms with Gasteiger partial charge < -0.3 is 9.67 Å². The highest BCUT2D eigenvalue weighted by molar-refractivity contribution is 4.85. The number of nitrogens with zero attached hydrogens (tertiary/aromatic N) is 4. The van der Waals surface area contributed by atoms with Gasteiger partial charge in [-0.15, -0.1) is 10.2 Å². The van der Waals surface area contributed by atoms with Crippen molar-refractivity contribution in [2.75, 3.05) is 13.6 Å². The van der Waals surface area contributed by atoms with Crippen LogP contribution in [0.15, 0.2) is 6.33 Å². The van der Waals surface area contributed by atoms with Crippen molar-refractivity contribution in [1.29, 1.82) is 0 Å². The van der Waals surface area contributed by atoms with Crippen LogP contribution >= 0.6 is 0 Å². The third-order valence-corrected chi connectivity index (χ3v) is 3.63. The molecule has 0 bridgehead atoms. The fraction of sp³-hybridized carbons (Fsp3) is 0.833. The van der Waals surface area contributed by atoms with Crippen molar-refractivity contribution < 1.29 is 5.11 Å². The van der Waals surface area contributed by atoms with Crippen LogP contribution < -0.4 is 0 Å². The van der Waals surface area contributed by atoms with E-state index in [0.717, 1.165) is 31.8 Å². The second-order valence-electron chi connectivity index (χ2n) is 5.17. The number of aryl methyl sites for hydroxylation is 1. The van der Waals surface area contributed by atoms with Gasteiger partial charge in [-0.05, 0) is 25.8 Å². The van der Waals surface area contributed by atoms with Gasteiger partial charge in [0.15, 0.2) is 0 Å². The molecule has 1 fully saturated rings. The fourth-order valence-electron chi connectivity index (χ4n) is 2.56. The van der Waals surface area contributed by atoms with E-state index < -0.39 is 0 Å². The lowest BCUT2D eigenvalue weighted by Crippen LogP contribution is -2.35. The van der Waals surface area contributed by atoms with Gasteiger partial charge in [0.2, 0.25) is 0 Å². The maximum atomic E-state index is 9.94. The number of hydrogen-bond donors (Lipinski definition) is 1. The Morgan fingerprint density at radius 3 is 2.88 bits per heavy atom. The molecule has 0 aromatic carbocycles. The van der Waals surface area contributed by atoms with Crippen molar-refractivity contribution in [3.05, 3.63) is 12.2 Å². The van der Waals surface area contributed by atoms with Gasteiger partial charge in [0.05, 0.1) is 12.6 Å². The summed E-state index contributed by atoms with van der Waals surface area (Å²) in [6.45, 7) is 1.73. The topological polar surface area (TPSA) is 54.2 Å². The number of aliphatic hydroxyl groups is 1. The maximum absolute atomic E-state index is 9.94. The fourth-order valence-corrected chi connectivity index (χ4v) is 2.56. The molecule has 0 spiro atoms. The van der Waals surface area contributed by atoms with Gasteiger partial charge in [0.25, 0.3) is 0 Å². The minimum absolute atomic E-state index is 0.120. The summed E-state index contributed by atoms with van der Waals surface area (Å²) in [4.78, 5) is 2.23. The van der Waals surface area contributed by atoms with E-state index in [1.165, 1.54) is 12.8 Å². The van der Waals surface area contributed by atoms with Gasteiger partial charge in [0.1, 0.15) is 12.2 Å². The third-order valence-electron chi connectivity index (χ3n) is 3.63. The molecule has 2 atom stereocenters. The minimum Gasteiger partial charge on any atom is -0.393 e. The Balaban J connectivity index is 1.84. The van der Waals surface area contributed by atoms with Crippen LogP contribution in [0.1, 0.15) is 31.5 Å². The molecule has 96 valence electrons. The van der Waals surface area contributed by atoms with E-state index >= 15 is 0 Å². The third kappa shape index (κ3) is 3.26. The van der Waals surface area contributed by atoms with Crippen LogP contribution in [0.5, 0.6) is 0 Å². The monoisotopic (exact) mass is 238 g/mol. The molecule has 0 saturated heterocycles. The van der Waals surface area contributed by atoms with E-state index in [-0.39, 0.29) is 6.10 Å². The summed E-state index contributed by atoms with van der Waals surface area (Å²) in [6.07, 6.45) is 6.13. The Morgan fingerprint density at radius 1 is 1.47 bits per heavy atom. The Labute approximate surface area is 102 Å². The molecular weight excluding hydrogens is 216 g/mol. The van der Waals surface area contributed by atoms with Crippen molar-refractivity contribution in [3.63, 3.8) is 0 Å². The average Bonchev–Trinajstić information content (AvgIpc) is 2.68. The minimum atomic E-state index is -0.120. The van der Waals surface area contributed by atoms with Crippen LogP contribution in [0, 0.1) is 5.92 Å². The second-order valence-corrected chi connectivity index (χ2v) is 5.17. The summed E-state index contributed by atoms with van der Waals surface area (Å²) in [5.74, 6) is 1.39. The summed E-state index contributed by atoms with van der Waals surface area (Å²) >= 11 is 0. The molecule has 1 aliphatic rings. The molecule has 2 unspecified atom stereocenters. The lowest BCUT2D eigenvalue weighted by Gasteiger charge is -2.30. The molecular formula is C12H22N4O. The molecule has 5 heteroatoms. The van der Waals surface area contributed by atoms with Crippen LogP contribution in [0.2, 0.25) is 0 Å². The van der Waals surface area contributed by atoms with E-state index in [2.05, 4.69) is 22.1 Å². The first kappa shape index (κ1) is 12.5. The van der Waals surface area contributed by atoms with E-state index in [0.29, 0.717) is 5.92 Å². The van der Waals surface area contributed by atoms with E-state index in [1.807, 2.05) is 11.6 Å². The number of hydrogen-bond acceptors (Lipinski definition) is 4. The van der Waals surface area contributed by atoms with E-state index in [9.17, 15) is 5.11 Å². The molecule has 1 aromatic heterocycles. The molecule has 1 saturated carbocycles. The molecule has 0 aliphatic heterocycles. The highest BCUT2D eigenvalue weighted by Gasteiger charge is 2.24. The quantitative estimate of drug-likeness (QED) is 0.843. The van der Waals surface area contributed by atoms with Crippen LogP contribution in [0.4, 0.5) is 0 Å². The molecule has 0 radical (unpaired) electrons. The molecule has 2 rings (SSSR count). The first-order valence-electron chi connectivity index (χ1n) is 6.36.